The molecule has 114 valence electrons. The van der Waals surface area contributed by atoms with Crippen molar-refractivity contribution in [3.63, 3.8) is 0 Å². The zero-order chi connectivity index (χ0) is 16.1. The average Bonchev–Trinajstić information content (AvgIpc) is 2.54. The van der Waals surface area contributed by atoms with E-state index in [4.69, 9.17) is 10.00 Å². The SMILES string of the molecule is Cc1ncn(CC(O)COc2ccc(C#N)cc2)c(=O)c1C. The molecule has 6 heteroatoms. The largest absolute Gasteiger partial charge is 0.491 e. The van der Waals surface area contributed by atoms with Crippen molar-refractivity contribution >= 4 is 0 Å². The smallest absolute Gasteiger partial charge is 0.256 e. The Hall–Kier alpha value is -2.65. The minimum atomic E-state index is -0.836. The van der Waals surface area contributed by atoms with Crippen LogP contribution in [0.4, 0.5) is 0 Å². The summed E-state index contributed by atoms with van der Waals surface area (Å²) in [6, 6.07) is 8.62. The molecule has 0 amide bonds. The van der Waals surface area contributed by atoms with E-state index < -0.39 is 6.10 Å². The van der Waals surface area contributed by atoms with Gasteiger partial charge in [0.05, 0.1) is 24.5 Å². The fourth-order valence-corrected chi connectivity index (χ4v) is 1.90. The van der Waals surface area contributed by atoms with Crippen molar-refractivity contribution in [2.24, 2.45) is 0 Å². The predicted octanol–water partition coefficient (Wildman–Crippen LogP) is 1.17. The number of ether oxygens (including phenoxy) is 1. The number of hydrogen-bond donors (Lipinski definition) is 1. The number of nitriles is 1. The first-order valence-electron chi connectivity index (χ1n) is 6.85. The Labute approximate surface area is 128 Å². The molecule has 1 atom stereocenters. The highest BCUT2D eigenvalue weighted by Crippen LogP contribution is 2.11. The van der Waals surface area contributed by atoms with E-state index in [1.807, 2.05) is 6.07 Å². The lowest BCUT2D eigenvalue weighted by atomic mass is 10.2. The molecule has 1 N–H and O–H groups in total. The van der Waals surface area contributed by atoms with Crippen molar-refractivity contribution in [3.05, 3.63) is 57.8 Å². The Morgan fingerprint density at radius 2 is 2.05 bits per heavy atom. The molecule has 1 heterocycles. The molecule has 0 fully saturated rings. The highest BCUT2D eigenvalue weighted by molar-refractivity contribution is 5.34. The maximum Gasteiger partial charge on any atom is 0.256 e. The van der Waals surface area contributed by atoms with Gasteiger partial charge >= 0.3 is 0 Å². The van der Waals surface area contributed by atoms with E-state index >= 15 is 0 Å². The summed E-state index contributed by atoms with van der Waals surface area (Å²) in [5.41, 5.74) is 1.64. The molecule has 0 aliphatic carbocycles. The summed E-state index contributed by atoms with van der Waals surface area (Å²) in [6.45, 7) is 3.64. The minimum Gasteiger partial charge on any atom is -0.491 e. The van der Waals surface area contributed by atoms with Gasteiger partial charge in [0.1, 0.15) is 18.5 Å². The average molecular weight is 299 g/mol. The number of hydrogen-bond acceptors (Lipinski definition) is 5. The second-order valence-electron chi connectivity index (χ2n) is 5.01. The van der Waals surface area contributed by atoms with Gasteiger partial charge in [-0.1, -0.05) is 0 Å². The van der Waals surface area contributed by atoms with Crippen LogP contribution >= 0.6 is 0 Å². The third kappa shape index (κ3) is 3.71. The summed E-state index contributed by atoms with van der Waals surface area (Å²) < 4.78 is 6.81. The van der Waals surface area contributed by atoms with Crippen LogP contribution in [0.2, 0.25) is 0 Å². The fourth-order valence-electron chi connectivity index (χ4n) is 1.90. The Morgan fingerprint density at radius 1 is 1.36 bits per heavy atom. The van der Waals surface area contributed by atoms with Gasteiger partial charge in [-0.05, 0) is 38.1 Å². The van der Waals surface area contributed by atoms with E-state index in [9.17, 15) is 9.90 Å². The summed E-state index contributed by atoms with van der Waals surface area (Å²) in [4.78, 5) is 16.1. The van der Waals surface area contributed by atoms with Crippen LogP contribution in [0.1, 0.15) is 16.8 Å². The van der Waals surface area contributed by atoms with Crippen molar-refractivity contribution in [2.75, 3.05) is 6.61 Å². The van der Waals surface area contributed by atoms with Crippen molar-refractivity contribution < 1.29 is 9.84 Å². The van der Waals surface area contributed by atoms with Crippen LogP contribution in [-0.4, -0.2) is 27.4 Å². The topological polar surface area (TPSA) is 88.1 Å². The molecule has 2 aromatic rings. The zero-order valence-corrected chi connectivity index (χ0v) is 12.5. The number of aryl methyl sites for hydroxylation is 1. The lowest BCUT2D eigenvalue weighted by molar-refractivity contribution is 0.0912. The third-order valence-corrected chi connectivity index (χ3v) is 3.35. The van der Waals surface area contributed by atoms with Gasteiger partial charge in [0, 0.05) is 11.3 Å². The molecule has 0 spiro atoms. The molecule has 0 radical (unpaired) electrons. The number of aliphatic hydroxyl groups is 1. The summed E-state index contributed by atoms with van der Waals surface area (Å²) >= 11 is 0. The highest BCUT2D eigenvalue weighted by atomic mass is 16.5. The number of benzene rings is 1. The van der Waals surface area contributed by atoms with Gasteiger partial charge in [-0.3, -0.25) is 9.36 Å². The fraction of sp³-hybridized carbons (Fsp3) is 0.312. The second-order valence-corrected chi connectivity index (χ2v) is 5.01. The van der Waals surface area contributed by atoms with Crippen LogP contribution in [-0.2, 0) is 6.54 Å². The van der Waals surface area contributed by atoms with Crippen LogP contribution in [0.3, 0.4) is 0 Å². The molecule has 0 bridgehead atoms. The van der Waals surface area contributed by atoms with Crippen LogP contribution in [0, 0.1) is 25.2 Å². The monoisotopic (exact) mass is 299 g/mol. The molecule has 2 rings (SSSR count). The van der Waals surface area contributed by atoms with E-state index in [-0.39, 0.29) is 18.7 Å². The summed E-state index contributed by atoms with van der Waals surface area (Å²) in [5, 5.41) is 18.7. The molecular formula is C16H17N3O3. The van der Waals surface area contributed by atoms with Gasteiger partial charge in [-0.25, -0.2) is 4.98 Å². The second kappa shape index (κ2) is 6.87. The Bertz CT molecular complexity index is 745. The minimum absolute atomic E-state index is 0.0469. The first kappa shape index (κ1) is 15.7. The van der Waals surface area contributed by atoms with Crippen LogP contribution < -0.4 is 10.3 Å². The third-order valence-electron chi connectivity index (χ3n) is 3.35. The molecule has 6 nitrogen and oxygen atoms in total. The Morgan fingerprint density at radius 3 is 2.68 bits per heavy atom. The molecule has 0 saturated heterocycles. The van der Waals surface area contributed by atoms with E-state index in [1.165, 1.54) is 10.9 Å². The molecule has 0 aliphatic heterocycles. The van der Waals surface area contributed by atoms with E-state index in [2.05, 4.69) is 4.98 Å². The maximum atomic E-state index is 12.0. The number of aliphatic hydroxyl groups excluding tert-OH is 1. The number of nitrogens with zero attached hydrogens (tertiary/aromatic N) is 3. The van der Waals surface area contributed by atoms with Crippen LogP contribution in [0.25, 0.3) is 0 Å². The normalized spacial score (nSPS) is 11.7. The lowest BCUT2D eigenvalue weighted by Gasteiger charge is -2.14. The zero-order valence-electron chi connectivity index (χ0n) is 12.5. The maximum absolute atomic E-state index is 12.0. The van der Waals surface area contributed by atoms with Gasteiger partial charge < -0.3 is 9.84 Å². The van der Waals surface area contributed by atoms with Gasteiger partial charge in [-0.15, -0.1) is 0 Å². The first-order valence-corrected chi connectivity index (χ1v) is 6.85. The van der Waals surface area contributed by atoms with Crippen molar-refractivity contribution in [2.45, 2.75) is 26.5 Å². The van der Waals surface area contributed by atoms with Gasteiger partial charge in [0.15, 0.2) is 0 Å². The molecule has 22 heavy (non-hydrogen) atoms. The quantitative estimate of drug-likeness (QED) is 0.895. The first-order chi connectivity index (χ1) is 10.5. The van der Waals surface area contributed by atoms with Gasteiger partial charge in [-0.2, -0.15) is 5.26 Å². The van der Waals surface area contributed by atoms with Crippen molar-refractivity contribution in [1.29, 1.82) is 5.26 Å². The van der Waals surface area contributed by atoms with Gasteiger partial charge in [0.25, 0.3) is 5.56 Å². The van der Waals surface area contributed by atoms with Crippen LogP contribution in [0.15, 0.2) is 35.4 Å². The van der Waals surface area contributed by atoms with E-state index in [1.54, 1.807) is 38.1 Å². The van der Waals surface area contributed by atoms with Crippen molar-refractivity contribution in [1.82, 2.24) is 9.55 Å². The van der Waals surface area contributed by atoms with Gasteiger partial charge in [0.2, 0.25) is 0 Å². The molecule has 1 aromatic heterocycles. The lowest BCUT2D eigenvalue weighted by Crippen LogP contribution is -2.31. The number of aromatic nitrogens is 2. The predicted molar refractivity (Wildman–Crippen MR) is 80.6 cm³/mol. The molecule has 0 aliphatic rings. The highest BCUT2D eigenvalue weighted by Gasteiger charge is 2.10. The van der Waals surface area contributed by atoms with Crippen LogP contribution in [0.5, 0.6) is 5.75 Å². The molecular weight excluding hydrogens is 282 g/mol. The Balaban J connectivity index is 1.96. The number of rotatable bonds is 5. The van der Waals surface area contributed by atoms with E-state index in [0.29, 0.717) is 22.6 Å². The van der Waals surface area contributed by atoms with Crippen molar-refractivity contribution in [3.8, 4) is 11.8 Å². The molecule has 0 saturated carbocycles. The molecule has 1 unspecified atom stereocenters. The molecule has 1 aromatic carbocycles. The summed E-state index contributed by atoms with van der Waals surface area (Å²) in [6.07, 6.45) is 0.590. The summed E-state index contributed by atoms with van der Waals surface area (Å²) in [5.74, 6) is 0.559. The Kier molecular flexibility index (Phi) is 4.92. The summed E-state index contributed by atoms with van der Waals surface area (Å²) in [7, 11) is 0. The standard InChI is InChI=1S/C16H17N3O3/c1-11-12(2)18-10-19(16(11)21)8-14(20)9-22-15-5-3-13(7-17)4-6-15/h3-6,10,14,20H,8-9H2,1-2H3. The van der Waals surface area contributed by atoms with E-state index in [0.717, 1.165) is 0 Å².